The molecule has 1 unspecified atom stereocenters. The van der Waals surface area contributed by atoms with Crippen molar-refractivity contribution < 1.29 is 14.3 Å². The Morgan fingerprint density at radius 1 is 1.43 bits per heavy atom. The molecule has 1 atom stereocenters. The number of aromatic nitrogens is 1. The summed E-state index contributed by atoms with van der Waals surface area (Å²) in [5, 5.41) is 0.318. The van der Waals surface area contributed by atoms with Gasteiger partial charge in [-0.3, -0.25) is 4.90 Å². The van der Waals surface area contributed by atoms with Crippen molar-refractivity contribution in [3.63, 3.8) is 0 Å². The van der Waals surface area contributed by atoms with Crippen molar-refractivity contribution in [2.24, 2.45) is 0 Å². The Hall–Kier alpha value is -1.33. The van der Waals surface area contributed by atoms with Gasteiger partial charge < -0.3 is 9.53 Å². The van der Waals surface area contributed by atoms with E-state index in [-0.39, 0.29) is 10.3 Å². The smallest absolute Gasteiger partial charge is 0.410 e. The summed E-state index contributed by atoms with van der Waals surface area (Å²) in [5.74, 6) is 0. The van der Waals surface area contributed by atoms with Gasteiger partial charge in [-0.25, -0.2) is 9.78 Å². The van der Waals surface area contributed by atoms with Gasteiger partial charge in [-0.15, -0.1) is 0 Å². The lowest BCUT2D eigenvalue weighted by molar-refractivity contribution is -0.112. The lowest BCUT2D eigenvalue weighted by Crippen LogP contribution is -2.37. The van der Waals surface area contributed by atoms with E-state index in [2.05, 4.69) is 4.98 Å². The predicted octanol–water partition coefficient (Wildman–Crippen LogP) is 3.80. The number of pyridine rings is 1. The van der Waals surface area contributed by atoms with Gasteiger partial charge in [0.15, 0.2) is 0 Å². The lowest BCUT2D eigenvalue weighted by atomic mass is 10.0. The van der Waals surface area contributed by atoms with Crippen molar-refractivity contribution in [2.45, 2.75) is 39.3 Å². The highest BCUT2D eigenvalue weighted by atomic mass is 35.5. The molecule has 7 heteroatoms. The fourth-order valence-electron chi connectivity index (χ4n) is 1.76. The fourth-order valence-corrected chi connectivity index (χ4v) is 2.40. The number of nitrogens with zero attached hydrogens (tertiary/aromatic N) is 2. The van der Waals surface area contributed by atoms with Gasteiger partial charge in [0.05, 0.1) is 0 Å². The quantitative estimate of drug-likeness (QED) is 0.623. The van der Waals surface area contributed by atoms with Crippen molar-refractivity contribution >= 4 is 35.6 Å². The Morgan fingerprint density at radius 3 is 2.43 bits per heavy atom. The number of amides is 1. The highest BCUT2D eigenvalue weighted by molar-refractivity contribution is 6.33. The van der Waals surface area contributed by atoms with E-state index in [0.717, 1.165) is 0 Å². The van der Waals surface area contributed by atoms with Gasteiger partial charge in [-0.05, 0) is 39.3 Å². The zero-order valence-corrected chi connectivity index (χ0v) is 14.1. The molecule has 0 aliphatic heterocycles. The van der Waals surface area contributed by atoms with Gasteiger partial charge in [0.25, 0.3) is 0 Å². The van der Waals surface area contributed by atoms with E-state index in [1.807, 2.05) is 0 Å². The number of carbonyl (C=O) groups excluding carboxylic acids is 2. The van der Waals surface area contributed by atoms with Gasteiger partial charge in [-0.1, -0.05) is 23.2 Å². The number of hydrogen-bond acceptors (Lipinski definition) is 4. The summed E-state index contributed by atoms with van der Waals surface area (Å²) >= 11 is 11.9. The molecule has 1 aromatic heterocycles. The topological polar surface area (TPSA) is 59.5 Å². The van der Waals surface area contributed by atoms with Crippen LogP contribution in [-0.2, 0) is 9.53 Å². The molecule has 1 aromatic rings. The molecule has 0 radical (unpaired) electrons. The molecule has 0 N–H and O–H groups in total. The lowest BCUT2D eigenvalue weighted by Gasteiger charge is -2.29. The van der Waals surface area contributed by atoms with E-state index in [0.29, 0.717) is 17.4 Å². The minimum Gasteiger partial charge on any atom is -0.444 e. The molecule has 0 aromatic carbocycles. The third kappa shape index (κ3) is 4.58. The molecule has 1 rings (SSSR count). The van der Waals surface area contributed by atoms with Gasteiger partial charge in [0, 0.05) is 12.6 Å². The zero-order valence-electron chi connectivity index (χ0n) is 12.6. The predicted molar refractivity (Wildman–Crippen MR) is 81.8 cm³/mol. The Morgan fingerprint density at radius 2 is 2.00 bits per heavy atom. The number of aryl methyl sites for hydroxylation is 1. The second-order valence-electron chi connectivity index (χ2n) is 5.64. The Balaban J connectivity index is 3.14. The van der Waals surface area contributed by atoms with Crippen LogP contribution in [0, 0.1) is 6.92 Å². The van der Waals surface area contributed by atoms with E-state index in [4.69, 9.17) is 27.9 Å². The summed E-state index contributed by atoms with van der Waals surface area (Å²) < 4.78 is 5.25. The van der Waals surface area contributed by atoms with Crippen LogP contribution in [0.3, 0.4) is 0 Å². The van der Waals surface area contributed by atoms with Crippen molar-refractivity contribution in [1.82, 2.24) is 9.88 Å². The zero-order chi connectivity index (χ0) is 16.4. The van der Waals surface area contributed by atoms with Gasteiger partial charge in [0.1, 0.15) is 28.2 Å². The molecule has 0 saturated carbocycles. The summed E-state index contributed by atoms with van der Waals surface area (Å²) in [5.41, 5.74) is 0.451. The van der Waals surface area contributed by atoms with Gasteiger partial charge in [0.2, 0.25) is 0 Å². The molecule has 0 aliphatic rings. The van der Waals surface area contributed by atoms with Gasteiger partial charge in [-0.2, -0.15) is 0 Å². The van der Waals surface area contributed by atoms with Crippen molar-refractivity contribution in [3.05, 3.63) is 27.5 Å². The second-order valence-corrected chi connectivity index (χ2v) is 6.38. The standard InChI is InChI=1S/C14H18Cl2N2O3/c1-8-6-10(15)17-12(16)11(8)9(7-19)18(5)13(20)21-14(2,3)4/h6-7,9H,1-5H3. The summed E-state index contributed by atoms with van der Waals surface area (Å²) in [6.07, 6.45) is -0.00159. The van der Waals surface area contributed by atoms with Crippen molar-refractivity contribution in [3.8, 4) is 0 Å². The van der Waals surface area contributed by atoms with E-state index >= 15 is 0 Å². The van der Waals surface area contributed by atoms with Crippen molar-refractivity contribution in [2.75, 3.05) is 7.05 Å². The Kier molecular flexibility index (Phi) is 5.59. The van der Waals surface area contributed by atoms with Crippen molar-refractivity contribution in [1.29, 1.82) is 0 Å². The molecule has 0 aliphatic carbocycles. The fraction of sp³-hybridized carbons (Fsp3) is 0.500. The summed E-state index contributed by atoms with van der Waals surface area (Å²) in [4.78, 5) is 28.6. The first-order valence-corrected chi connectivity index (χ1v) is 7.06. The van der Waals surface area contributed by atoms with Crippen LogP contribution in [0.5, 0.6) is 0 Å². The van der Waals surface area contributed by atoms with Crippen LogP contribution >= 0.6 is 23.2 Å². The number of halogens is 2. The minimum absolute atomic E-state index is 0.0903. The van der Waals surface area contributed by atoms with E-state index < -0.39 is 17.7 Å². The Bertz CT molecular complexity index is 533. The highest BCUT2D eigenvalue weighted by Gasteiger charge is 2.29. The molecule has 116 valence electrons. The number of ether oxygens (including phenoxy) is 1. The van der Waals surface area contributed by atoms with E-state index in [1.165, 1.54) is 11.9 Å². The summed E-state index contributed by atoms with van der Waals surface area (Å²) in [7, 11) is 1.47. The first-order valence-electron chi connectivity index (χ1n) is 6.30. The molecule has 1 amide bonds. The van der Waals surface area contributed by atoms with Crippen LogP contribution in [-0.4, -0.2) is 34.9 Å². The van der Waals surface area contributed by atoms with Crippen LogP contribution in [0.4, 0.5) is 4.79 Å². The van der Waals surface area contributed by atoms with Crippen LogP contribution in [0.1, 0.15) is 37.9 Å². The molecule has 21 heavy (non-hydrogen) atoms. The molecule has 1 heterocycles. The number of likely N-dealkylation sites (N-methyl/N-ethyl adjacent to an activating group) is 1. The summed E-state index contributed by atoms with van der Waals surface area (Å²) in [6, 6.07) is 0.694. The third-order valence-electron chi connectivity index (χ3n) is 2.71. The molecule has 0 bridgehead atoms. The normalized spacial score (nSPS) is 12.7. The van der Waals surface area contributed by atoms with Crippen LogP contribution in [0.25, 0.3) is 0 Å². The molecular formula is C14H18Cl2N2O3. The monoisotopic (exact) mass is 332 g/mol. The average Bonchev–Trinajstić information content (AvgIpc) is 2.30. The van der Waals surface area contributed by atoms with Crippen LogP contribution < -0.4 is 0 Å². The SMILES string of the molecule is Cc1cc(Cl)nc(Cl)c1C(C=O)N(C)C(=O)OC(C)(C)C. The molecular weight excluding hydrogens is 315 g/mol. The first kappa shape index (κ1) is 17.7. The van der Waals surface area contributed by atoms with Crippen LogP contribution in [0.15, 0.2) is 6.07 Å². The first-order chi connectivity index (χ1) is 9.56. The minimum atomic E-state index is -0.892. The van der Waals surface area contributed by atoms with Crippen LogP contribution in [0.2, 0.25) is 10.3 Å². The number of rotatable bonds is 3. The molecule has 0 fully saturated rings. The average molecular weight is 333 g/mol. The second kappa shape index (κ2) is 6.62. The third-order valence-corrected chi connectivity index (χ3v) is 3.19. The molecule has 0 saturated heterocycles. The van der Waals surface area contributed by atoms with E-state index in [9.17, 15) is 9.59 Å². The molecule has 5 nitrogen and oxygen atoms in total. The Labute approximate surface area is 134 Å². The van der Waals surface area contributed by atoms with E-state index in [1.54, 1.807) is 33.8 Å². The van der Waals surface area contributed by atoms with Gasteiger partial charge >= 0.3 is 6.09 Å². The maximum Gasteiger partial charge on any atom is 0.410 e. The number of carbonyl (C=O) groups is 2. The molecule has 0 spiro atoms. The largest absolute Gasteiger partial charge is 0.444 e. The number of aldehydes is 1. The summed E-state index contributed by atoms with van der Waals surface area (Å²) in [6.45, 7) is 6.98. The highest BCUT2D eigenvalue weighted by Crippen LogP contribution is 2.30. The maximum absolute atomic E-state index is 12.1. The number of hydrogen-bond donors (Lipinski definition) is 0. The maximum atomic E-state index is 12.1.